The zero-order chi connectivity index (χ0) is 15.8. The molecule has 0 spiro atoms. The Morgan fingerprint density at radius 1 is 1.33 bits per heavy atom. The zero-order valence-electron chi connectivity index (χ0n) is 13.4. The van der Waals surface area contributed by atoms with Crippen molar-refractivity contribution in [3.05, 3.63) is 23.8 Å². The van der Waals surface area contributed by atoms with Gasteiger partial charge in [0.1, 0.15) is 0 Å². The quantitative estimate of drug-likeness (QED) is 0.794. The van der Waals surface area contributed by atoms with E-state index in [-0.39, 0.29) is 18.6 Å². The molecule has 0 saturated heterocycles. The van der Waals surface area contributed by atoms with Gasteiger partial charge >= 0.3 is 0 Å². The van der Waals surface area contributed by atoms with Gasteiger partial charge in [-0.15, -0.1) is 0 Å². The second-order valence-electron chi connectivity index (χ2n) is 5.10. The Hall–Kier alpha value is -1.75. The van der Waals surface area contributed by atoms with Gasteiger partial charge in [-0.05, 0) is 45.4 Å². The van der Waals surface area contributed by atoms with Crippen LogP contribution in [0.5, 0.6) is 11.5 Å². The molecule has 0 saturated carbocycles. The van der Waals surface area contributed by atoms with E-state index in [1.54, 1.807) is 11.9 Å². The minimum absolute atomic E-state index is 0.00363. The molecule has 0 aliphatic carbocycles. The molecular weight excluding hydrogens is 268 g/mol. The minimum atomic E-state index is -0.0602. The number of benzene rings is 1. The van der Waals surface area contributed by atoms with E-state index >= 15 is 0 Å². The molecule has 1 aromatic carbocycles. The highest BCUT2D eigenvalue weighted by Gasteiger charge is 2.16. The molecule has 1 rings (SSSR count). The number of hydrogen-bond donors (Lipinski definition) is 1. The van der Waals surface area contributed by atoms with E-state index in [2.05, 4.69) is 0 Å². The number of carbonyl (C=O) groups excluding carboxylic acids is 1. The molecule has 118 valence electrons. The topological polar surface area (TPSA) is 64.8 Å². The van der Waals surface area contributed by atoms with Gasteiger partial charge in [0.05, 0.1) is 6.61 Å². The lowest BCUT2D eigenvalue weighted by molar-refractivity contribution is -0.133. The third-order valence-electron chi connectivity index (χ3n) is 3.28. The standard InChI is InChI=1S/C16H26N2O3/c1-5-20-14-8-6-7-13(9-10-17)16(14)21-11-15(19)18(4)12(2)3/h6-8,12H,5,9-11,17H2,1-4H3. The summed E-state index contributed by atoms with van der Waals surface area (Å²) in [5.74, 6) is 1.22. The van der Waals surface area contributed by atoms with Gasteiger partial charge in [0.25, 0.3) is 5.91 Å². The van der Waals surface area contributed by atoms with Crippen LogP contribution in [0.2, 0.25) is 0 Å². The molecular formula is C16H26N2O3. The predicted molar refractivity (Wildman–Crippen MR) is 83.8 cm³/mol. The van der Waals surface area contributed by atoms with E-state index in [9.17, 15) is 4.79 Å². The van der Waals surface area contributed by atoms with Gasteiger partial charge in [-0.3, -0.25) is 4.79 Å². The average Bonchev–Trinajstić information content (AvgIpc) is 2.46. The van der Waals surface area contributed by atoms with Crippen molar-refractivity contribution in [2.45, 2.75) is 33.2 Å². The second kappa shape index (κ2) is 8.52. The first kappa shape index (κ1) is 17.3. The second-order valence-corrected chi connectivity index (χ2v) is 5.10. The van der Waals surface area contributed by atoms with Gasteiger partial charge in [-0.25, -0.2) is 0 Å². The Morgan fingerprint density at radius 2 is 2.05 bits per heavy atom. The maximum atomic E-state index is 12.0. The first-order chi connectivity index (χ1) is 10.0. The summed E-state index contributed by atoms with van der Waals surface area (Å²) < 4.78 is 11.3. The summed E-state index contributed by atoms with van der Waals surface area (Å²) in [5, 5.41) is 0. The van der Waals surface area contributed by atoms with E-state index in [1.165, 1.54) is 0 Å². The number of hydrogen-bond acceptors (Lipinski definition) is 4. The number of para-hydroxylation sites is 1. The van der Waals surface area contributed by atoms with Gasteiger partial charge < -0.3 is 20.1 Å². The van der Waals surface area contributed by atoms with Crippen LogP contribution in [-0.4, -0.2) is 43.7 Å². The molecule has 5 heteroatoms. The number of likely N-dealkylation sites (N-methyl/N-ethyl adjacent to an activating group) is 1. The maximum absolute atomic E-state index is 12.0. The summed E-state index contributed by atoms with van der Waals surface area (Å²) in [7, 11) is 1.77. The number of ether oxygens (including phenoxy) is 2. The Balaban J connectivity index is 2.86. The van der Waals surface area contributed by atoms with Gasteiger partial charge in [0.2, 0.25) is 0 Å². The van der Waals surface area contributed by atoms with Crippen LogP contribution in [0.25, 0.3) is 0 Å². The Labute approximate surface area is 127 Å². The molecule has 1 aromatic rings. The fraction of sp³-hybridized carbons (Fsp3) is 0.562. The molecule has 1 amide bonds. The monoisotopic (exact) mass is 294 g/mol. The molecule has 0 radical (unpaired) electrons. The van der Waals surface area contributed by atoms with Crippen molar-refractivity contribution in [3.8, 4) is 11.5 Å². The molecule has 21 heavy (non-hydrogen) atoms. The van der Waals surface area contributed by atoms with Crippen molar-refractivity contribution in [2.75, 3.05) is 26.8 Å². The van der Waals surface area contributed by atoms with Gasteiger partial charge in [0, 0.05) is 13.1 Å². The van der Waals surface area contributed by atoms with Crippen molar-refractivity contribution >= 4 is 5.91 Å². The summed E-state index contributed by atoms with van der Waals surface area (Å²) in [4.78, 5) is 13.7. The number of nitrogens with two attached hydrogens (primary N) is 1. The highest BCUT2D eigenvalue weighted by Crippen LogP contribution is 2.31. The molecule has 0 aromatic heterocycles. The van der Waals surface area contributed by atoms with Crippen molar-refractivity contribution in [1.82, 2.24) is 4.90 Å². The van der Waals surface area contributed by atoms with E-state index < -0.39 is 0 Å². The van der Waals surface area contributed by atoms with Crippen molar-refractivity contribution in [3.63, 3.8) is 0 Å². The van der Waals surface area contributed by atoms with Crippen LogP contribution in [0.3, 0.4) is 0 Å². The van der Waals surface area contributed by atoms with Crippen LogP contribution in [0, 0.1) is 0 Å². The third-order valence-corrected chi connectivity index (χ3v) is 3.28. The molecule has 0 bridgehead atoms. The fourth-order valence-corrected chi connectivity index (χ4v) is 1.87. The van der Waals surface area contributed by atoms with Crippen LogP contribution in [0.1, 0.15) is 26.3 Å². The van der Waals surface area contributed by atoms with E-state index in [0.29, 0.717) is 31.1 Å². The molecule has 5 nitrogen and oxygen atoms in total. The van der Waals surface area contributed by atoms with Crippen LogP contribution in [-0.2, 0) is 11.2 Å². The van der Waals surface area contributed by atoms with E-state index in [1.807, 2.05) is 39.0 Å². The highest BCUT2D eigenvalue weighted by atomic mass is 16.5. The Morgan fingerprint density at radius 3 is 2.62 bits per heavy atom. The van der Waals surface area contributed by atoms with E-state index in [0.717, 1.165) is 5.56 Å². The number of amides is 1. The van der Waals surface area contributed by atoms with E-state index in [4.69, 9.17) is 15.2 Å². The van der Waals surface area contributed by atoms with Crippen molar-refractivity contribution in [2.24, 2.45) is 5.73 Å². The molecule has 0 aliphatic rings. The van der Waals surface area contributed by atoms with Crippen LogP contribution >= 0.6 is 0 Å². The largest absolute Gasteiger partial charge is 0.490 e. The summed E-state index contributed by atoms with van der Waals surface area (Å²) in [6.45, 7) is 6.90. The first-order valence-corrected chi connectivity index (χ1v) is 7.34. The lowest BCUT2D eigenvalue weighted by atomic mass is 10.1. The molecule has 0 atom stereocenters. The first-order valence-electron chi connectivity index (χ1n) is 7.34. The van der Waals surface area contributed by atoms with Gasteiger partial charge in [0.15, 0.2) is 18.1 Å². The Kier molecular flexibility index (Phi) is 7.02. The molecule has 0 fully saturated rings. The summed E-state index contributed by atoms with van der Waals surface area (Å²) in [6.07, 6.45) is 0.685. The number of carbonyl (C=O) groups is 1. The van der Waals surface area contributed by atoms with Crippen LogP contribution in [0.4, 0.5) is 0 Å². The smallest absolute Gasteiger partial charge is 0.260 e. The summed E-state index contributed by atoms with van der Waals surface area (Å²) >= 11 is 0. The van der Waals surface area contributed by atoms with Gasteiger partial charge in [-0.1, -0.05) is 12.1 Å². The number of nitrogens with zero attached hydrogens (tertiary/aromatic N) is 1. The predicted octanol–water partition coefficient (Wildman–Crippen LogP) is 1.83. The lowest BCUT2D eigenvalue weighted by Gasteiger charge is -2.22. The van der Waals surface area contributed by atoms with Crippen molar-refractivity contribution < 1.29 is 14.3 Å². The summed E-state index contributed by atoms with van der Waals surface area (Å²) in [6, 6.07) is 5.84. The normalized spacial score (nSPS) is 10.6. The highest BCUT2D eigenvalue weighted by molar-refractivity contribution is 5.77. The molecule has 0 heterocycles. The average molecular weight is 294 g/mol. The number of rotatable bonds is 8. The molecule has 2 N–H and O–H groups in total. The fourth-order valence-electron chi connectivity index (χ4n) is 1.87. The zero-order valence-corrected chi connectivity index (χ0v) is 13.4. The van der Waals surface area contributed by atoms with Crippen molar-refractivity contribution in [1.29, 1.82) is 0 Å². The van der Waals surface area contributed by atoms with Crippen LogP contribution in [0.15, 0.2) is 18.2 Å². The third kappa shape index (κ3) is 4.93. The molecule has 0 aliphatic heterocycles. The maximum Gasteiger partial charge on any atom is 0.260 e. The van der Waals surface area contributed by atoms with Gasteiger partial charge in [-0.2, -0.15) is 0 Å². The Bertz CT molecular complexity index is 437. The summed E-state index contributed by atoms with van der Waals surface area (Å²) in [5.41, 5.74) is 6.59. The lowest BCUT2D eigenvalue weighted by Crippen LogP contribution is -2.36. The minimum Gasteiger partial charge on any atom is -0.490 e. The molecule has 0 unspecified atom stereocenters. The van der Waals surface area contributed by atoms with Crippen LogP contribution < -0.4 is 15.2 Å². The SMILES string of the molecule is CCOc1cccc(CCN)c1OCC(=O)N(C)C(C)C.